The first-order valence-corrected chi connectivity index (χ1v) is 7.19. The number of hydrogen-bond donors (Lipinski definition) is 1. The van der Waals surface area contributed by atoms with Gasteiger partial charge < -0.3 is 10.2 Å². The van der Waals surface area contributed by atoms with Gasteiger partial charge in [-0.1, -0.05) is 6.07 Å². The standard InChI is InChI=1S/C15H19N5O/c1-16-13-5-3-7-19(9-13)15(21)12-4-2-6-14(8-12)20-11-17-10-18-20/h2,4,6,8,10-11,13,16H,3,5,7,9H2,1H3/t13-/m1/s1. The van der Waals surface area contributed by atoms with E-state index in [1.807, 2.05) is 36.2 Å². The Labute approximate surface area is 123 Å². The minimum atomic E-state index is 0.0805. The van der Waals surface area contributed by atoms with Gasteiger partial charge in [0, 0.05) is 24.7 Å². The number of amides is 1. The van der Waals surface area contributed by atoms with Gasteiger partial charge in [-0.2, -0.15) is 5.10 Å². The molecule has 2 aromatic rings. The Kier molecular flexibility index (Phi) is 3.96. The minimum absolute atomic E-state index is 0.0805. The average molecular weight is 285 g/mol. The molecule has 1 N–H and O–H groups in total. The van der Waals surface area contributed by atoms with E-state index in [4.69, 9.17) is 0 Å². The van der Waals surface area contributed by atoms with Crippen molar-refractivity contribution in [1.82, 2.24) is 25.0 Å². The number of aromatic nitrogens is 3. The Bertz CT molecular complexity index is 610. The Morgan fingerprint density at radius 1 is 1.43 bits per heavy atom. The molecule has 1 atom stereocenters. The second kappa shape index (κ2) is 6.05. The maximum atomic E-state index is 12.6. The van der Waals surface area contributed by atoms with Crippen molar-refractivity contribution in [3.05, 3.63) is 42.5 Å². The predicted octanol–water partition coefficient (Wildman–Crippen LogP) is 1.09. The zero-order valence-corrected chi connectivity index (χ0v) is 12.1. The number of hydrogen-bond acceptors (Lipinski definition) is 4. The van der Waals surface area contributed by atoms with Crippen molar-refractivity contribution in [1.29, 1.82) is 0 Å². The van der Waals surface area contributed by atoms with Crippen molar-refractivity contribution in [2.45, 2.75) is 18.9 Å². The van der Waals surface area contributed by atoms with E-state index in [1.165, 1.54) is 6.33 Å². The molecule has 0 unspecified atom stereocenters. The van der Waals surface area contributed by atoms with Gasteiger partial charge in [0.15, 0.2) is 0 Å². The highest BCUT2D eigenvalue weighted by Crippen LogP contribution is 2.16. The summed E-state index contributed by atoms with van der Waals surface area (Å²) < 4.78 is 1.66. The van der Waals surface area contributed by atoms with E-state index in [9.17, 15) is 4.79 Å². The van der Waals surface area contributed by atoms with E-state index in [1.54, 1.807) is 11.0 Å². The molecule has 0 saturated carbocycles. The second-order valence-corrected chi connectivity index (χ2v) is 5.27. The first-order valence-electron chi connectivity index (χ1n) is 7.19. The summed E-state index contributed by atoms with van der Waals surface area (Å²) in [7, 11) is 1.95. The summed E-state index contributed by atoms with van der Waals surface area (Å²) in [6.45, 7) is 1.59. The molecule has 0 radical (unpaired) electrons. The number of benzene rings is 1. The van der Waals surface area contributed by atoms with Gasteiger partial charge in [0.25, 0.3) is 5.91 Å². The van der Waals surface area contributed by atoms with Crippen LogP contribution in [-0.4, -0.2) is 51.8 Å². The third kappa shape index (κ3) is 2.95. The second-order valence-electron chi connectivity index (χ2n) is 5.27. The molecule has 0 aliphatic carbocycles. The summed E-state index contributed by atoms with van der Waals surface area (Å²) >= 11 is 0. The Balaban J connectivity index is 1.80. The molecule has 2 heterocycles. The number of carbonyl (C=O) groups is 1. The van der Waals surface area contributed by atoms with Crippen LogP contribution in [0.1, 0.15) is 23.2 Å². The van der Waals surface area contributed by atoms with Crippen LogP contribution in [0.25, 0.3) is 5.69 Å². The Morgan fingerprint density at radius 3 is 3.10 bits per heavy atom. The molecule has 1 aliphatic heterocycles. The van der Waals surface area contributed by atoms with E-state index in [2.05, 4.69) is 15.4 Å². The normalized spacial score (nSPS) is 18.7. The van der Waals surface area contributed by atoms with Gasteiger partial charge in [0.05, 0.1) is 5.69 Å². The summed E-state index contributed by atoms with van der Waals surface area (Å²) in [5, 5.41) is 7.35. The summed E-state index contributed by atoms with van der Waals surface area (Å²) in [5.41, 5.74) is 1.54. The third-order valence-corrected chi connectivity index (χ3v) is 3.89. The largest absolute Gasteiger partial charge is 0.337 e. The third-order valence-electron chi connectivity index (χ3n) is 3.89. The lowest BCUT2D eigenvalue weighted by Crippen LogP contribution is -2.46. The Hall–Kier alpha value is -2.21. The first-order chi connectivity index (χ1) is 10.3. The van der Waals surface area contributed by atoms with E-state index < -0.39 is 0 Å². The fourth-order valence-electron chi connectivity index (χ4n) is 2.70. The zero-order valence-electron chi connectivity index (χ0n) is 12.1. The highest BCUT2D eigenvalue weighted by atomic mass is 16.2. The number of nitrogens with zero attached hydrogens (tertiary/aromatic N) is 4. The number of nitrogens with one attached hydrogen (secondary N) is 1. The first kappa shape index (κ1) is 13.8. The smallest absolute Gasteiger partial charge is 0.253 e. The van der Waals surface area contributed by atoms with Crippen LogP contribution in [-0.2, 0) is 0 Å². The zero-order chi connectivity index (χ0) is 14.7. The maximum Gasteiger partial charge on any atom is 0.253 e. The van der Waals surface area contributed by atoms with Gasteiger partial charge in [-0.3, -0.25) is 4.79 Å². The molecule has 3 rings (SSSR count). The van der Waals surface area contributed by atoms with Crippen LogP contribution in [0.3, 0.4) is 0 Å². The van der Waals surface area contributed by atoms with Gasteiger partial charge in [-0.05, 0) is 38.1 Å². The van der Waals surface area contributed by atoms with Crippen LogP contribution < -0.4 is 5.32 Å². The summed E-state index contributed by atoms with van der Waals surface area (Å²) in [5.74, 6) is 0.0805. The van der Waals surface area contributed by atoms with E-state index in [0.717, 1.165) is 31.6 Å². The van der Waals surface area contributed by atoms with Gasteiger partial charge in [0.1, 0.15) is 12.7 Å². The van der Waals surface area contributed by atoms with Crippen LogP contribution in [0.5, 0.6) is 0 Å². The lowest BCUT2D eigenvalue weighted by atomic mass is 10.0. The number of carbonyl (C=O) groups excluding carboxylic acids is 1. The lowest BCUT2D eigenvalue weighted by molar-refractivity contribution is 0.0698. The van der Waals surface area contributed by atoms with Crippen LogP contribution in [0.2, 0.25) is 0 Å². The number of piperidine rings is 1. The van der Waals surface area contributed by atoms with Gasteiger partial charge in [-0.15, -0.1) is 0 Å². The average Bonchev–Trinajstić information content (AvgIpc) is 3.09. The van der Waals surface area contributed by atoms with Crippen LogP contribution in [0.4, 0.5) is 0 Å². The molecule has 1 amide bonds. The topological polar surface area (TPSA) is 63.1 Å². The number of likely N-dealkylation sites (N-methyl/N-ethyl adjacent to an activating group) is 1. The van der Waals surface area contributed by atoms with Crippen LogP contribution >= 0.6 is 0 Å². The van der Waals surface area contributed by atoms with E-state index >= 15 is 0 Å². The summed E-state index contributed by atoms with van der Waals surface area (Å²) in [6, 6.07) is 7.90. The number of rotatable bonds is 3. The monoisotopic (exact) mass is 285 g/mol. The van der Waals surface area contributed by atoms with Gasteiger partial charge >= 0.3 is 0 Å². The van der Waals surface area contributed by atoms with Crippen molar-refractivity contribution < 1.29 is 4.79 Å². The van der Waals surface area contributed by atoms with E-state index in [-0.39, 0.29) is 5.91 Å². The highest BCUT2D eigenvalue weighted by molar-refractivity contribution is 5.94. The molecule has 1 fully saturated rings. The fourth-order valence-corrected chi connectivity index (χ4v) is 2.70. The molecule has 1 aromatic carbocycles. The molecule has 6 nitrogen and oxygen atoms in total. The van der Waals surface area contributed by atoms with Crippen LogP contribution in [0, 0.1) is 0 Å². The maximum absolute atomic E-state index is 12.6. The fraction of sp³-hybridized carbons (Fsp3) is 0.400. The summed E-state index contributed by atoms with van der Waals surface area (Å²) in [4.78, 5) is 18.5. The van der Waals surface area contributed by atoms with Crippen molar-refractivity contribution >= 4 is 5.91 Å². The molecule has 6 heteroatoms. The van der Waals surface area contributed by atoms with Crippen molar-refractivity contribution in [3.8, 4) is 5.69 Å². The SMILES string of the molecule is CN[C@@H]1CCCN(C(=O)c2cccc(-n3cncn3)c2)C1. The molecular weight excluding hydrogens is 266 g/mol. The van der Waals surface area contributed by atoms with Crippen molar-refractivity contribution in [2.24, 2.45) is 0 Å². The molecule has 21 heavy (non-hydrogen) atoms. The van der Waals surface area contributed by atoms with Crippen molar-refractivity contribution in [3.63, 3.8) is 0 Å². The van der Waals surface area contributed by atoms with E-state index in [0.29, 0.717) is 11.6 Å². The lowest BCUT2D eigenvalue weighted by Gasteiger charge is -2.32. The molecule has 1 aromatic heterocycles. The molecule has 1 aliphatic rings. The quantitative estimate of drug-likeness (QED) is 0.917. The predicted molar refractivity (Wildman–Crippen MR) is 79.3 cm³/mol. The Morgan fingerprint density at radius 2 is 2.33 bits per heavy atom. The highest BCUT2D eigenvalue weighted by Gasteiger charge is 2.23. The number of likely N-dealkylation sites (tertiary alicyclic amines) is 1. The molecule has 0 spiro atoms. The van der Waals surface area contributed by atoms with Crippen molar-refractivity contribution in [2.75, 3.05) is 20.1 Å². The van der Waals surface area contributed by atoms with Crippen LogP contribution in [0.15, 0.2) is 36.9 Å². The van der Waals surface area contributed by atoms with Gasteiger partial charge in [0.2, 0.25) is 0 Å². The van der Waals surface area contributed by atoms with Gasteiger partial charge in [-0.25, -0.2) is 9.67 Å². The summed E-state index contributed by atoms with van der Waals surface area (Å²) in [6.07, 6.45) is 5.28. The molecule has 1 saturated heterocycles. The molecule has 110 valence electrons. The minimum Gasteiger partial charge on any atom is -0.337 e. The molecular formula is C15H19N5O. The molecule has 0 bridgehead atoms.